The van der Waals surface area contributed by atoms with E-state index in [2.05, 4.69) is 20.8 Å². The third kappa shape index (κ3) is 5.17. The molecule has 1 N–H and O–H groups in total. The fourth-order valence-corrected chi connectivity index (χ4v) is 4.65. The molecule has 38 heavy (non-hydrogen) atoms. The maximum absolute atomic E-state index is 13.5. The molecule has 3 aromatic rings. The number of rotatable bonds is 7. The number of amides is 1. The van der Waals surface area contributed by atoms with Crippen molar-refractivity contribution in [3.63, 3.8) is 0 Å². The summed E-state index contributed by atoms with van der Waals surface area (Å²) in [5, 5.41) is 11.5. The van der Waals surface area contributed by atoms with Crippen LogP contribution in [0.1, 0.15) is 62.4 Å². The van der Waals surface area contributed by atoms with E-state index in [9.17, 15) is 14.7 Å². The van der Waals surface area contributed by atoms with E-state index in [4.69, 9.17) is 9.47 Å². The Labute approximate surface area is 224 Å². The molecule has 1 aliphatic rings. The molecule has 1 amide bonds. The zero-order valence-corrected chi connectivity index (χ0v) is 22.9. The quantitative estimate of drug-likeness (QED) is 0.216. The lowest BCUT2D eigenvalue weighted by Gasteiger charge is -2.27. The van der Waals surface area contributed by atoms with Crippen LogP contribution in [0.25, 0.3) is 5.76 Å². The molecule has 1 atom stereocenters. The zero-order valence-electron chi connectivity index (χ0n) is 22.9. The standard InChI is InChI=1S/C32H35NO5/c1-7-18-38-26-17-10-22(19-20(26)2)29(34)27-28(21-8-15-25(37-6)16-9-21)33(31(36)30(27)35)24-13-11-23(12-14-24)32(3,4)5/h8-17,19,28,34H,7,18H2,1-6H3/b29-27-. The number of carbonyl (C=O) groups excluding carboxylic acids is 2. The SMILES string of the molecule is CCCOc1ccc(/C(O)=C2/C(=O)C(=O)N(c3ccc(C(C)(C)C)cc3)C2c2ccc(OC)cc2)cc1C. The van der Waals surface area contributed by atoms with Gasteiger partial charge in [0.25, 0.3) is 11.7 Å². The van der Waals surface area contributed by atoms with Gasteiger partial charge in [0.1, 0.15) is 17.3 Å². The normalized spacial score (nSPS) is 17.1. The summed E-state index contributed by atoms with van der Waals surface area (Å²) in [6.07, 6.45) is 0.878. The van der Waals surface area contributed by atoms with Crippen molar-refractivity contribution in [2.45, 2.75) is 52.5 Å². The van der Waals surface area contributed by atoms with Crippen molar-refractivity contribution >= 4 is 23.1 Å². The van der Waals surface area contributed by atoms with Crippen LogP contribution in [-0.4, -0.2) is 30.5 Å². The van der Waals surface area contributed by atoms with Crippen molar-refractivity contribution in [3.05, 3.63) is 94.6 Å². The first-order chi connectivity index (χ1) is 18.1. The number of aliphatic hydroxyl groups excluding tert-OH is 1. The summed E-state index contributed by atoms with van der Waals surface area (Å²) in [6.45, 7) is 10.9. The largest absolute Gasteiger partial charge is 0.507 e. The van der Waals surface area contributed by atoms with Gasteiger partial charge < -0.3 is 14.6 Å². The van der Waals surface area contributed by atoms with E-state index in [1.54, 1.807) is 37.4 Å². The van der Waals surface area contributed by atoms with Gasteiger partial charge in [-0.05, 0) is 77.9 Å². The van der Waals surface area contributed by atoms with Crippen molar-refractivity contribution in [1.29, 1.82) is 0 Å². The number of benzene rings is 3. The number of Topliss-reactive ketones (excluding diaryl/α,β-unsaturated/α-hetero) is 1. The van der Waals surface area contributed by atoms with Crippen LogP contribution in [0.3, 0.4) is 0 Å². The van der Waals surface area contributed by atoms with E-state index in [0.717, 1.165) is 23.3 Å². The topological polar surface area (TPSA) is 76.1 Å². The molecule has 0 radical (unpaired) electrons. The molecule has 1 fully saturated rings. The van der Waals surface area contributed by atoms with E-state index >= 15 is 0 Å². The number of aliphatic hydroxyl groups is 1. The predicted octanol–water partition coefficient (Wildman–Crippen LogP) is 6.72. The van der Waals surface area contributed by atoms with E-state index in [1.807, 2.05) is 50.2 Å². The maximum Gasteiger partial charge on any atom is 0.300 e. The lowest BCUT2D eigenvalue weighted by atomic mass is 9.87. The number of ether oxygens (including phenoxy) is 2. The first-order valence-corrected chi connectivity index (χ1v) is 12.9. The number of anilines is 1. The summed E-state index contributed by atoms with van der Waals surface area (Å²) in [6, 6.07) is 19.3. The average Bonchev–Trinajstić information content (AvgIpc) is 3.17. The van der Waals surface area contributed by atoms with Crippen LogP contribution < -0.4 is 14.4 Å². The highest BCUT2D eigenvalue weighted by Crippen LogP contribution is 2.43. The van der Waals surface area contributed by atoms with Crippen LogP contribution in [0.5, 0.6) is 11.5 Å². The minimum Gasteiger partial charge on any atom is -0.507 e. The van der Waals surface area contributed by atoms with Gasteiger partial charge in [0.2, 0.25) is 0 Å². The third-order valence-electron chi connectivity index (χ3n) is 6.80. The molecule has 1 saturated heterocycles. The van der Waals surface area contributed by atoms with Crippen molar-refractivity contribution in [3.8, 4) is 11.5 Å². The Morgan fingerprint density at radius 2 is 1.63 bits per heavy atom. The lowest BCUT2D eigenvalue weighted by molar-refractivity contribution is -0.132. The van der Waals surface area contributed by atoms with E-state index in [0.29, 0.717) is 29.2 Å². The zero-order chi connectivity index (χ0) is 27.6. The van der Waals surface area contributed by atoms with Gasteiger partial charge >= 0.3 is 0 Å². The van der Waals surface area contributed by atoms with Crippen LogP contribution >= 0.6 is 0 Å². The summed E-state index contributed by atoms with van der Waals surface area (Å²) in [7, 11) is 1.58. The number of methoxy groups -OCH3 is 1. The molecule has 1 aliphatic heterocycles. The molecule has 198 valence electrons. The molecule has 3 aromatic carbocycles. The van der Waals surface area contributed by atoms with Gasteiger partial charge in [-0.3, -0.25) is 14.5 Å². The van der Waals surface area contributed by atoms with E-state index in [1.165, 1.54) is 4.90 Å². The lowest BCUT2D eigenvalue weighted by Crippen LogP contribution is -2.29. The summed E-state index contributed by atoms with van der Waals surface area (Å²) < 4.78 is 11.1. The number of hydrogen-bond donors (Lipinski definition) is 1. The Morgan fingerprint density at radius 1 is 0.974 bits per heavy atom. The molecule has 6 nitrogen and oxygen atoms in total. The Kier molecular flexibility index (Phi) is 7.63. The van der Waals surface area contributed by atoms with Gasteiger partial charge in [-0.2, -0.15) is 0 Å². The first kappa shape index (κ1) is 27.0. The molecular formula is C32H35NO5. The molecule has 0 aromatic heterocycles. The fraction of sp³-hybridized carbons (Fsp3) is 0.312. The Hall–Kier alpha value is -4.06. The molecule has 0 bridgehead atoms. The second-order valence-electron chi connectivity index (χ2n) is 10.6. The Morgan fingerprint density at radius 3 is 2.18 bits per heavy atom. The first-order valence-electron chi connectivity index (χ1n) is 12.9. The number of aryl methyl sites for hydroxylation is 1. The minimum atomic E-state index is -0.808. The third-order valence-corrected chi connectivity index (χ3v) is 6.80. The fourth-order valence-electron chi connectivity index (χ4n) is 4.65. The molecular weight excluding hydrogens is 478 g/mol. The van der Waals surface area contributed by atoms with Crippen LogP contribution in [-0.2, 0) is 15.0 Å². The molecule has 0 spiro atoms. The van der Waals surface area contributed by atoms with Gasteiger partial charge in [-0.15, -0.1) is 0 Å². The molecule has 0 aliphatic carbocycles. The van der Waals surface area contributed by atoms with Crippen molar-refractivity contribution in [2.24, 2.45) is 0 Å². The summed E-state index contributed by atoms with van der Waals surface area (Å²) >= 11 is 0. The second kappa shape index (κ2) is 10.7. The molecule has 1 unspecified atom stereocenters. The van der Waals surface area contributed by atoms with Crippen LogP contribution in [0.2, 0.25) is 0 Å². The van der Waals surface area contributed by atoms with Gasteiger partial charge in [-0.1, -0.05) is 52.0 Å². The molecule has 4 rings (SSSR count). The number of hydrogen-bond acceptors (Lipinski definition) is 5. The van der Waals surface area contributed by atoms with Crippen LogP contribution in [0.15, 0.2) is 72.3 Å². The van der Waals surface area contributed by atoms with E-state index in [-0.39, 0.29) is 16.7 Å². The van der Waals surface area contributed by atoms with Crippen LogP contribution in [0, 0.1) is 6.92 Å². The second-order valence-corrected chi connectivity index (χ2v) is 10.6. The smallest absolute Gasteiger partial charge is 0.300 e. The monoisotopic (exact) mass is 513 g/mol. The maximum atomic E-state index is 13.5. The number of ketones is 1. The minimum absolute atomic E-state index is 0.0432. The molecule has 1 heterocycles. The Balaban J connectivity index is 1.86. The predicted molar refractivity (Wildman–Crippen MR) is 150 cm³/mol. The summed E-state index contributed by atoms with van der Waals surface area (Å²) in [5.41, 5.74) is 3.64. The number of nitrogens with zero attached hydrogens (tertiary/aromatic N) is 1. The average molecular weight is 514 g/mol. The van der Waals surface area contributed by atoms with E-state index < -0.39 is 17.7 Å². The highest BCUT2D eigenvalue weighted by molar-refractivity contribution is 6.51. The van der Waals surface area contributed by atoms with Gasteiger partial charge in [0.15, 0.2) is 0 Å². The van der Waals surface area contributed by atoms with Gasteiger partial charge in [0, 0.05) is 11.3 Å². The highest BCUT2D eigenvalue weighted by Gasteiger charge is 2.47. The summed E-state index contributed by atoms with van der Waals surface area (Å²) in [4.78, 5) is 28.4. The summed E-state index contributed by atoms with van der Waals surface area (Å²) in [5.74, 6) is -0.265. The highest BCUT2D eigenvalue weighted by atomic mass is 16.5. The number of carbonyl (C=O) groups is 2. The van der Waals surface area contributed by atoms with Gasteiger partial charge in [0.05, 0.1) is 25.3 Å². The Bertz CT molecular complexity index is 1360. The molecule has 6 heteroatoms. The van der Waals surface area contributed by atoms with Crippen LogP contribution in [0.4, 0.5) is 5.69 Å². The van der Waals surface area contributed by atoms with Crippen molar-refractivity contribution in [1.82, 2.24) is 0 Å². The van der Waals surface area contributed by atoms with Gasteiger partial charge in [-0.25, -0.2) is 0 Å². The van der Waals surface area contributed by atoms with Crippen molar-refractivity contribution < 1.29 is 24.2 Å². The molecule has 0 saturated carbocycles. The van der Waals surface area contributed by atoms with Crippen molar-refractivity contribution in [2.75, 3.05) is 18.6 Å².